The first-order valence-corrected chi connectivity index (χ1v) is 7.93. The van der Waals surface area contributed by atoms with Gasteiger partial charge < -0.3 is 10.2 Å². The lowest BCUT2D eigenvalue weighted by molar-refractivity contribution is -0.120. The standard InChI is InChI=1S/C16H26N4O/c1-3-19(4-2)10-11-20-13-15(12-17-20)18-16(21)14-8-6-5-7-9-14/h5-6,12-14H,3-4,7-11H2,1-2H3,(H,18,21)/t14-/m1/s1. The molecule has 0 bridgehead atoms. The number of likely N-dealkylation sites (N-methyl/N-ethyl adjacent to an activating group) is 1. The van der Waals surface area contributed by atoms with E-state index >= 15 is 0 Å². The molecule has 5 heteroatoms. The van der Waals surface area contributed by atoms with E-state index in [9.17, 15) is 4.79 Å². The summed E-state index contributed by atoms with van der Waals surface area (Å²) in [5.74, 6) is 0.219. The van der Waals surface area contributed by atoms with Crippen LogP contribution in [-0.2, 0) is 11.3 Å². The number of anilines is 1. The SMILES string of the molecule is CCN(CC)CCn1cc(NC(=O)[C@@H]2CC=CCC2)cn1. The van der Waals surface area contributed by atoms with Gasteiger partial charge in [-0.2, -0.15) is 5.10 Å². The van der Waals surface area contributed by atoms with Gasteiger partial charge in [-0.15, -0.1) is 0 Å². The summed E-state index contributed by atoms with van der Waals surface area (Å²) in [7, 11) is 0. The Morgan fingerprint density at radius 1 is 1.43 bits per heavy atom. The van der Waals surface area contributed by atoms with E-state index < -0.39 is 0 Å². The third-order valence-electron chi connectivity index (χ3n) is 4.08. The molecule has 1 aromatic heterocycles. The van der Waals surface area contributed by atoms with Crippen LogP contribution < -0.4 is 5.32 Å². The average molecular weight is 290 g/mol. The van der Waals surface area contributed by atoms with E-state index in [0.29, 0.717) is 0 Å². The summed E-state index contributed by atoms with van der Waals surface area (Å²) in [5.41, 5.74) is 0.800. The third-order valence-corrected chi connectivity index (χ3v) is 4.08. The predicted molar refractivity (Wildman–Crippen MR) is 85.1 cm³/mol. The van der Waals surface area contributed by atoms with Crippen LogP contribution in [0.3, 0.4) is 0 Å². The summed E-state index contributed by atoms with van der Waals surface area (Å²) >= 11 is 0. The molecule has 1 atom stereocenters. The Kier molecular flexibility index (Phi) is 5.99. The molecule has 2 rings (SSSR count). The number of carbonyl (C=O) groups is 1. The van der Waals surface area contributed by atoms with Gasteiger partial charge >= 0.3 is 0 Å². The van der Waals surface area contributed by atoms with Crippen molar-refractivity contribution < 1.29 is 4.79 Å². The van der Waals surface area contributed by atoms with Crippen molar-refractivity contribution in [2.45, 2.75) is 39.7 Å². The summed E-state index contributed by atoms with van der Waals surface area (Å²) in [5, 5.41) is 7.29. The predicted octanol–water partition coefficient (Wildman–Crippen LogP) is 2.52. The summed E-state index contributed by atoms with van der Waals surface area (Å²) < 4.78 is 1.90. The number of carbonyl (C=O) groups excluding carboxylic acids is 1. The summed E-state index contributed by atoms with van der Waals surface area (Å²) in [6, 6.07) is 0. The van der Waals surface area contributed by atoms with Crippen LogP contribution in [-0.4, -0.2) is 40.2 Å². The van der Waals surface area contributed by atoms with Crippen LogP contribution in [0.1, 0.15) is 33.1 Å². The Hall–Kier alpha value is -1.62. The molecule has 116 valence electrons. The third kappa shape index (κ3) is 4.70. The number of allylic oxidation sites excluding steroid dienone is 2. The van der Waals surface area contributed by atoms with E-state index in [1.807, 2.05) is 10.9 Å². The fraction of sp³-hybridized carbons (Fsp3) is 0.625. The molecule has 0 unspecified atom stereocenters. The van der Waals surface area contributed by atoms with E-state index in [-0.39, 0.29) is 11.8 Å². The number of hydrogen-bond acceptors (Lipinski definition) is 3. The topological polar surface area (TPSA) is 50.2 Å². The molecule has 0 saturated heterocycles. The van der Waals surface area contributed by atoms with Gasteiger partial charge in [0, 0.05) is 18.7 Å². The Balaban J connectivity index is 1.82. The van der Waals surface area contributed by atoms with Gasteiger partial charge in [0.05, 0.1) is 18.4 Å². The quantitative estimate of drug-likeness (QED) is 0.785. The van der Waals surface area contributed by atoms with Crippen molar-refractivity contribution in [3.05, 3.63) is 24.5 Å². The molecule has 1 amide bonds. The van der Waals surface area contributed by atoms with Crippen LogP contribution in [0.15, 0.2) is 24.5 Å². The van der Waals surface area contributed by atoms with Crippen LogP contribution in [0, 0.1) is 5.92 Å². The monoisotopic (exact) mass is 290 g/mol. The van der Waals surface area contributed by atoms with Crippen LogP contribution in [0.4, 0.5) is 5.69 Å². The minimum Gasteiger partial charge on any atom is -0.323 e. The van der Waals surface area contributed by atoms with Crippen molar-refractivity contribution in [2.75, 3.05) is 25.0 Å². The minimum atomic E-state index is 0.106. The fourth-order valence-corrected chi connectivity index (χ4v) is 2.61. The van der Waals surface area contributed by atoms with Crippen molar-refractivity contribution in [1.29, 1.82) is 0 Å². The number of nitrogens with zero attached hydrogens (tertiary/aromatic N) is 3. The molecule has 21 heavy (non-hydrogen) atoms. The first kappa shape index (κ1) is 15.8. The van der Waals surface area contributed by atoms with Gasteiger partial charge in [0.25, 0.3) is 0 Å². The smallest absolute Gasteiger partial charge is 0.227 e. The number of hydrogen-bond donors (Lipinski definition) is 1. The van der Waals surface area contributed by atoms with Gasteiger partial charge in [0.1, 0.15) is 0 Å². The molecule has 1 N–H and O–H groups in total. The van der Waals surface area contributed by atoms with E-state index in [4.69, 9.17) is 0 Å². The normalized spacial score (nSPS) is 18.1. The first-order valence-electron chi connectivity index (χ1n) is 7.93. The zero-order valence-electron chi connectivity index (χ0n) is 13.1. The van der Waals surface area contributed by atoms with Gasteiger partial charge in [0.2, 0.25) is 5.91 Å². The van der Waals surface area contributed by atoms with Gasteiger partial charge in [0.15, 0.2) is 0 Å². The molecule has 0 saturated carbocycles. The highest BCUT2D eigenvalue weighted by Gasteiger charge is 2.19. The van der Waals surface area contributed by atoms with E-state index in [1.54, 1.807) is 6.20 Å². The maximum absolute atomic E-state index is 12.1. The second-order valence-corrected chi connectivity index (χ2v) is 5.49. The number of amides is 1. The highest BCUT2D eigenvalue weighted by atomic mass is 16.1. The van der Waals surface area contributed by atoms with E-state index in [2.05, 4.69) is 41.3 Å². The Morgan fingerprint density at radius 2 is 2.24 bits per heavy atom. The van der Waals surface area contributed by atoms with Crippen molar-refractivity contribution in [3.8, 4) is 0 Å². The minimum absolute atomic E-state index is 0.106. The van der Waals surface area contributed by atoms with Crippen LogP contribution in [0.25, 0.3) is 0 Å². The second kappa shape index (κ2) is 7.98. The Labute approximate surface area is 127 Å². The lowest BCUT2D eigenvalue weighted by atomic mass is 9.94. The molecule has 0 aliphatic heterocycles. The van der Waals surface area contributed by atoms with Crippen LogP contribution in [0.2, 0.25) is 0 Å². The number of rotatable bonds is 7. The molecule has 0 spiro atoms. The van der Waals surface area contributed by atoms with Gasteiger partial charge in [-0.1, -0.05) is 26.0 Å². The molecular formula is C16H26N4O. The molecule has 1 heterocycles. The Morgan fingerprint density at radius 3 is 2.90 bits per heavy atom. The van der Waals surface area contributed by atoms with Crippen molar-refractivity contribution in [1.82, 2.24) is 14.7 Å². The lowest BCUT2D eigenvalue weighted by Crippen LogP contribution is -2.27. The van der Waals surface area contributed by atoms with Gasteiger partial charge in [-0.25, -0.2) is 0 Å². The second-order valence-electron chi connectivity index (χ2n) is 5.49. The largest absolute Gasteiger partial charge is 0.323 e. The van der Waals surface area contributed by atoms with Crippen molar-refractivity contribution in [3.63, 3.8) is 0 Å². The zero-order chi connectivity index (χ0) is 15.1. The maximum atomic E-state index is 12.1. The molecule has 1 aromatic rings. The molecular weight excluding hydrogens is 264 g/mol. The summed E-state index contributed by atoms with van der Waals surface area (Å²) in [6.07, 6.45) is 10.7. The molecule has 0 radical (unpaired) electrons. The van der Waals surface area contributed by atoms with E-state index in [1.165, 1.54) is 0 Å². The van der Waals surface area contributed by atoms with Crippen LogP contribution in [0.5, 0.6) is 0 Å². The fourth-order valence-electron chi connectivity index (χ4n) is 2.61. The molecule has 1 aliphatic carbocycles. The van der Waals surface area contributed by atoms with Crippen molar-refractivity contribution >= 4 is 11.6 Å². The van der Waals surface area contributed by atoms with Gasteiger partial charge in [-0.3, -0.25) is 9.48 Å². The number of nitrogens with one attached hydrogen (secondary N) is 1. The maximum Gasteiger partial charge on any atom is 0.227 e. The summed E-state index contributed by atoms with van der Waals surface area (Å²) in [4.78, 5) is 14.5. The zero-order valence-corrected chi connectivity index (χ0v) is 13.1. The van der Waals surface area contributed by atoms with E-state index in [0.717, 1.165) is 51.1 Å². The highest BCUT2D eigenvalue weighted by Crippen LogP contribution is 2.20. The average Bonchev–Trinajstić information content (AvgIpc) is 2.96. The molecule has 1 aliphatic rings. The van der Waals surface area contributed by atoms with Crippen molar-refractivity contribution in [2.24, 2.45) is 5.92 Å². The summed E-state index contributed by atoms with van der Waals surface area (Å²) in [6.45, 7) is 8.26. The number of aromatic nitrogens is 2. The van der Waals surface area contributed by atoms with Crippen LogP contribution >= 0.6 is 0 Å². The Bertz CT molecular complexity index is 476. The lowest BCUT2D eigenvalue weighted by Gasteiger charge is -2.17. The molecule has 0 fully saturated rings. The highest BCUT2D eigenvalue weighted by molar-refractivity contribution is 5.92. The molecule has 0 aromatic carbocycles. The van der Waals surface area contributed by atoms with Gasteiger partial charge in [-0.05, 0) is 32.4 Å². The molecule has 5 nitrogen and oxygen atoms in total. The first-order chi connectivity index (χ1) is 10.2.